The minimum atomic E-state index is -4.25. The molecule has 4 heterocycles. The highest BCUT2D eigenvalue weighted by Gasteiger charge is 2.34. The minimum Gasteiger partial charge on any atom is -0.451 e. The number of oxazole rings is 1. The van der Waals surface area contributed by atoms with E-state index < -0.39 is 24.5 Å². The molecule has 3 aromatic heterocycles. The van der Waals surface area contributed by atoms with Crippen molar-refractivity contribution in [3.63, 3.8) is 0 Å². The Hall–Kier alpha value is -3.76. The maximum Gasteiger partial charge on any atom is 0.389 e. The lowest BCUT2D eigenvalue weighted by Gasteiger charge is -2.25. The smallest absolute Gasteiger partial charge is 0.389 e. The second-order valence-corrected chi connectivity index (χ2v) is 7.77. The van der Waals surface area contributed by atoms with Crippen molar-refractivity contribution in [2.75, 3.05) is 5.32 Å². The molecular formula is C22H20F3N5O3. The first-order valence-electron chi connectivity index (χ1n) is 10.1. The maximum absolute atomic E-state index is 13.1. The molecule has 8 nitrogen and oxygen atoms in total. The van der Waals surface area contributed by atoms with Crippen LogP contribution in [-0.2, 0) is 13.0 Å². The number of anilines is 1. The predicted octanol–water partition coefficient (Wildman–Crippen LogP) is 4.24. The topological polar surface area (TPSA) is 101 Å². The fourth-order valence-electron chi connectivity index (χ4n) is 3.72. The van der Waals surface area contributed by atoms with E-state index >= 15 is 0 Å². The van der Waals surface area contributed by atoms with Crippen LogP contribution in [0.5, 0.6) is 0 Å². The van der Waals surface area contributed by atoms with Crippen molar-refractivity contribution in [3.8, 4) is 0 Å². The van der Waals surface area contributed by atoms with Crippen LogP contribution >= 0.6 is 0 Å². The fourth-order valence-corrected chi connectivity index (χ4v) is 3.72. The molecule has 0 bridgehead atoms. The number of nitrogens with zero attached hydrogens (tertiary/aromatic N) is 4. The SMILES string of the molecule is Cc1cc(C(C)N2Cc3c(ccnc3NC(=O)c3cocn3)C2=O)cnc1CCC(F)(F)F. The van der Waals surface area contributed by atoms with Gasteiger partial charge in [-0.05, 0) is 37.5 Å². The number of aryl methyl sites for hydroxylation is 2. The monoisotopic (exact) mass is 459 g/mol. The molecule has 0 radical (unpaired) electrons. The fraction of sp³-hybridized carbons (Fsp3) is 0.318. The van der Waals surface area contributed by atoms with Crippen LogP contribution in [0.15, 0.2) is 41.6 Å². The molecule has 33 heavy (non-hydrogen) atoms. The standard InChI is InChI=1S/C22H20F3N5O3/c1-12-7-14(8-27-17(12)3-5-22(23,24)25)13(2)30-9-16-15(21(30)32)4-6-26-19(16)29-20(31)18-10-33-11-28-18/h4,6-8,10-11,13H,3,5,9H2,1-2H3,(H,26,29,31). The molecule has 1 N–H and O–H groups in total. The molecule has 0 aromatic carbocycles. The maximum atomic E-state index is 13.1. The van der Waals surface area contributed by atoms with Gasteiger partial charge in [0.05, 0.1) is 12.6 Å². The Morgan fingerprint density at radius 1 is 1.30 bits per heavy atom. The molecule has 0 fully saturated rings. The molecule has 3 aromatic rings. The van der Waals surface area contributed by atoms with Crippen molar-refractivity contribution in [2.24, 2.45) is 0 Å². The average Bonchev–Trinajstić information content (AvgIpc) is 3.41. The van der Waals surface area contributed by atoms with E-state index in [9.17, 15) is 22.8 Å². The van der Waals surface area contributed by atoms with Gasteiger partial charge in [-0.2, -0.15) is 13.2 Å². The number of fused-ring (bicyclic) bond motifs is 1. The number of rotatable bonds is 6. The molecule has 11 heteroatoms. The molecule has 172 valence electrons. The van der Waals surface area contributed by atoms with Crippen LogP contribution < -0.4 is 5.32 Å². The van der Waals surface area contributed by atoms with Gasteiger partial charge in [-0.25, -0.2) is 9.97 Å². The first-order chi connectivity index (χ1) is 15.6. The van der Waals surface area contributed by atoms with E-state index in [4.69, 9.17) is 4.42 Å². The van der Waals surface area contributed by atoms with E-state index in [-0.39, 0.29) is 30.4 Å². The van der Waals surface area contributed by atoms with Crippen LogP contribution in [-0.4, -0.2) is 37.8 Å². The molecule has 0 saturated carbocycles. The van der Waals surface area contributed by atoms with Crippen molar-refractivity contribution in [1.29, 1.82) is 0 Å². The summed E-state index contributed by atoms with van der Waals surface area (Å²) in [4.78, 5) is 39.2. The number of pyridine rings is 2. The Morgan fingerprint density at radius 2 is 2.09 bits per heavy atom. The van der Waals surface area contributed by atoms with E-state index in [2.05, 4.69) is 20.3 Å². The van der Waals surface area contributed by atoms with Crippen LogP contribution in [0.25, 0.3) is 0 Å². The van der Waals surface area contributed by atoms with Gasteiger partial charge in [-0.3, -0.25) is 14.6 Å². The lowest BCUT2D eigenvalue weighted by atomic mass is 10.0. The van der Waals surface area contributed by atoms with Crippen LogP contribution in [0.3, 0.4) is 0 Å². The number of hydrogen-bond acceptors (Lipinski definition) is 6. The highest BCUT2D eigenvalue weighted by atomic mass is 19.4. The number of aromatic nitrogens is 3. The first-order valence-corrected chi connectivity index (χ1v) is 10.1. The van der Waals surface area contributed by atoms with Crippen molar-refractivity contribution in [2.45, 2.75) is 45.5 Å². The van der Waals surface area contributed by atoms with Crippen molar-refractivity contribution >= 4 is 17.6 Å². The van der Waals surface area contributed by atoms with E-state index in [0.29, 0.717) is 27.9 Å². The number of hydrogen-bond donors (Lipinski definition) is 1. The second kappa shape index (κ2) is 8.64. The molecule has 1 aliphatic heterocycles. The molecule has 2 amide bonds. The highest BCUT2D eigenvalue weighted by molar-refractivity contribution is 6.05. The molecule has 1 atom stereocenters. The summed E-state index contributed by atoms with van der Waals surface area (Å²) < 4.78 is 42.4. The summed E-state index contributed by atoms with van der Waals surface area (Å²) in [7, 11) is 0. The van der Waals surface area contributed by atoms with E-state index in [1.165, 1.54) is 18.7 Å². The third kappa shape index (κ3) is 4.71. The van der Waals surface area contributed by atoms with Crippen molar-refractivity contribution in [3.05, 3.63) is 70.8 Å². The van der Waals surface area contributed by atoms with Gasteiger partial charge in [0.15, 0.2) is 12.1 Å². The Morgan fingerprint density at radius 3 is 2.76 bits per heavy atom. The summed E-state index contributed by atoms with van der Waals surface area (Å²) in [5, 5.41) is 2.65. The molecule has 0 saturated heterocycles. The summed E-state index contributed by atoms with van der Waals surface area (Å²) in [5.41, 5.74) is 2.77. The number of halogens is 3. The summed E-state index contributed by atoms with van der Waals surface area (Å²) in [6, 6.07) is 2.94. The molecule has 1 unspecified atom stereocenters. The zero-order chi connectivity index (χ0) is 23.8. The number of nitrogens with one attached hydrogen (secondary N) is 1. The zero-order valence-corrected chi connectivity index (χ0v) is 17.8. The van der Waals surface area contributed by atoms with E-state index in [1.807, 2.05) is 6.92 Å². The molecule has 1 aliphatic rings. The summed E-state index contributed by atoms with van der Waals surface area (Å²) in [6.45, 7) is 3.72. The Balaban J connectivity index is 1.52. The Labute approximate surface area is 186 Å². The van der Waals surface area contributed by atoms with Crippen molar-refractivity contribution < 1.29 is 27.2 Å². The molecular weight excluding hydrogens is 439 g/mol. The lowest BCUT2D eigenvalue weighted by Crippen LogP contribution is -2.27. The number of amides is 2. The second-order valence-electron chi connectivity index (χ2n) is 7.77. The average molecular weight is 459 g/mol. The normalized spacial score (nSPS) is 14.3. The van der Waals surface area contributed by atoms with Crippen LogP contribution in [0.4, 0.5) is 19.0 Å². The predicted molar refractivity (Wildman–Crippen MR) is 110 cm³/mol. The molecule has 0 aliphatic carbocycles. The number of carbonyl (C=O) groups excluding carboxylic acids is 2. The van der Waals surface area contributed by atoms with E-state index in [1.54, 1.807) is 24.0 Å². The number of carbonyl (C=O) groups is 2. The van der Waals surface area contributed by atoms with Crippen LogP contribution in [0, 0.1) is 6.92 Å². The molecule has 0 spiro atoms. The minimum absolute atomic E-state index is 0.0797. The van der Waals surface area contributed by atoms with Gasteiger partial charge in [0.2, 0.25) is 0 Å². The first kappa shape index (κ1) is 22.4. The largest absolute Gasteiger partial charge is 0.451 e. The van der Waals surface area contributed by atoms with Gasteiger partial charge in [0, 0.05) is 35.6 Å². The van der Waals surface area contributed by atoms with Gasteiger partial charge in [0.25, 0.3) is 11.8 Å². The van der Waals surface area contributed by atoms with Gasteiger partial charge in [-0.15, -0.1) is 0 Å². The summed E-state index contributed by atoms with van der Waals surface area (Å²) in [6.07, 6.45) is -0.108. The third-order valence-electron chi connectivity index (χ3n) is 5.58. The van der Waals surface area contributed by atoms with Gasteiger partial charge in [-0.1, -0.05) is 6.07 Å². The van der Waals surface area contributed by atoms with Gasteiger partial charge < -0.3 is 14.6 Å². The highest BCUT2D eigenvalue weighted by Crippen LogP contribution is 2.34. The Bertz CT molecular complexity index is 1190. The quantitative estimate of drug-likeness (QED) is 0.592. The van der Waals surface area contributed by atoms with Gasteiger partial charge in [0.1, 0.15) is 12.1 Å². The Kier molecular flexibility index (Phi) is 5.88. The summed E-state index contributed by atoms with van der Waals surface area (Å²) in [5.74, 6) is -0.506. The summed E-state index contributed by atoms with van der Waals surface area (Å²) >= 11 is 0. The van der Waals surface area contributed by atoms with Gasteiger partial charge >= 0.3 is 6.18 Å². The third-order valence-corrected chi connectivity index (χ3v) is 5.58. The molecule has 4 rings (SSSR count). The van der Waals surface area contributed by atoms with Crippen LogP contribution in [0.2, 0.25) is 0 Å². The van der Waals surface area contributed by atoms with Crippen LogP contribution in [0.1, 0.15) is 62.6 Å². The lowest BCUT2D eigenvalue weighted by molar-refractivity contribution is -0.134. The number of alkyl halides is 3. The van der Waals surface area contributed by atoms with Crippen molar-refractivity contribution in [1.82, 2.24) is 19.9 Å². The van der Waals surface area contributed by atoms with E-state index in [0.717, 1.165) is 6.39 Å². The zero-order valence-electron chi connectivity index (χ0n) is 17.8.